The van der Waals surface area contributed by atoms with Crippen LogP contribution in [-0.2, 0) is 44.4 Å². The smallest absolute Gasteiger partial charge is 0.331 e. The first-order valence-electron chi connectivity index (χ1n) is 18.0. The molecule has 20 nitrogen and oxygen atoms in total. The average Bonchev–Trinajstić information content (AvgIpc) is 3.20. The van der Waals surface area contributed by atoms with Crippen LogP contribution in [0.25, 0.3) is 6.08 Å². The highest BCUT2D eigenvalue weighted by Crippen LogP contribution is 2.33. The van der Waals surface area contributed by atoms with Gasteiger partial charge in [-0.15, -0.1) is 0 Å². The second-order valence-electron chi connectivity index (χ2n) is 13.6. The van der Waals surface area contributed by atoms with Gasteiger partial charge in [-0.3, -0.25) is 0 Å². The molecule has 2 aromatic carbocycles. The summed E-state index contributed by atoms with van der Waals surface area (Å²) in [6.45, 7) is -0.111. The second-order valence-corrected chi connectivity index (χ2v) is 13.6. The molecule has 20 heteroatoms. The maximum absolute atomic E-state index is 13.4. The zero-order valence-electron chi connectivity index (χ0n) is 31.2. The first-order valence-corrected chi connectivity index (χ1v) is 18.0. The van der Waals surface area contributed by atoms with Gasteiger partial charge >= 0.3 is 5.97 Å². The zero-order chi connectivity index (χ0) is 41.6. The Kier molecular flexibility index (Phi) is 15.4. The van der Waals surface area contributed by atoms with Crippen LogP contribution in [0.2, 0.25) is 0 Å². The van der Waals surface area contributed by atoms with Gasteiger partial charge in [-0.05, 0) is 54.8 Å². The molecule has 3 saturated heterocycles. The van der Waals surface area contributed by atoms with E-state index in [9.17, 15) is 55.9 Å². The van der Waals surface area contributed by atoms with Crippen molar-refractivity contribution in [2.75, 3.05) is 34.0 Å². The zero-order valence-corrected chi connectivity index (χ0v) is 31.2. The molecule has 3 aliphatic heterocycles. The maximum atomic E-state index is 13.4. The minimum absolute atomic E-state index is 0.0901. The summed E-state index contributed by atoms with van der Waals surface area (Å²) in [4.78, 5) is 13.4. The molecule has 15 unspecified atom stereocenters. The van der Waals surface area contributed by atoms with E-state index >= 15 is 0 Å². The molecule has 318 valence electrons. The van der Waals surface area contributed by atoms with Gasteiger partial charge in [-0.2, -0.15) is 0 Å². The van der Waals surface area contributed by atoms with Crippen molar-refractivity contribution in [3.05, 3.63) is 53.6 Å². The van der Waals surface area contributed by atoms with Crippen LogP contribution in [0.1, 0.15) is 18.1 Å². The van der Waals surface area contributed by atoms with Crippen LogP contribution >= 0.6 is 0 Å². The third-order valence-corrected chi connectivity index (χ3v) is 9.77. The highest BCUT2D eigenvalue weighted by atomic mass is 16.8. The Morgan fingerprint density at radius 2 is 1.32 bits per heavy atom. The molecule has 0 spiro atoms. The van der Waals surface area contributed by atoms with Crippen molar-refractivity contribution >= 4 is 12.0 Å². The van der Waals surface area contributed by atoms with E-state index in [-0.39, 0.29) is 36.0 Å². The van der Waals surface area contributed by atoms with E-state index in [1.165, 1.54) is 51.5 Å². The molecule has 0 saturated carbocycles. The molecule has 3 aliphatic rings. The molecule has 0 aromatic heterocycles. The first-order chi connectivity index (χ1) is 27.2. The lowest BCUT2D eigenvalue weighted by Gasteiger charge is -2.47. The SMILES string of the molecule is COc1cc(/C=C/C(=O)OC2C(COC3OC(CO)C(O)C(O)C3O)OC(OCCc3ccc(O)c(OC)c3)C(O)C2OC2OC(C)C(O)C(O)C2O)ccc1O. The van der Waals surface area contributed by atoms with Crippen LogP contribution in [0, 0.1) is 0 Å². The lowest BCUT2D eigenvalue weighted by Crippen LogP contribution is -2.65. The van der Waals surface area contributed by atoms with E-state index in [1.54, 1.807) is 12.1 Å². The number of hydrogen-bond donors (Lipinski definition) is 10. The van der Waals surface area contributed by atoms with E-state index in [0.29, 0.717) is 11.1 Å². The Hall–Kier alpha value is -3.71. The standard InChI is InChI=1S/C37H50O20/c1-16-26(42)28(44)31(47)37(53-16)57-34-32(48)36(51-11-10-18-5-8-20(40)22(13-18)50-3)55-24(15-52-35-30(46)29(45)27(43)23(14-38)54-35)33(34)56-25(41)9-6-17-4-7-19(39)21(12-17)49-2/h4-9,12-13,16,23-24,26-40,42-48H,10-11,14-15H2,1-3H3/b9-6+. The number of aromatic hydroxyl groups is 2. The number of aliphatic hydroxyl groups is 8. The molecular formula is C37H50O20. The molecule has 5 rings (SSSR count). The lowest BCUT2D eigenvalue weighted by molar-refractivity contribution is -0.364. The van der Waals surface area contributed by atoms with Crippen molar-refractivity contribution in [3.8, 4) is 23.0 Å². The van der Waals surface area contributed by atoms with Crippen molar-refractivity contribution in [3.63, 3.8) is 0 Å². The lowest BCUT2D eigenvalue weighted by atomic mass is 9.96. The van der Waals surface area contributed by atoms with Gasteiger partial charge in [0.1, 0.15) is 61.0 Å². The van der Waals surface area contributed by atoms with E-state index in [2.05, 4.69) is 0 Å². The molecule has 2 aromatic rings. The van der Waals surface area contributed by atoms with Crippen molar-refractivity contribution < 1.29 is 98.5 Å². The van der Waals surface area contributed by atoms with E-state index in [1.807, 2.05) is 0 Å². The Labute approximate surface area is 326 Å². The number of esters is 1. The summed E-state index contributed by atoms with van der Waals surface area (Å²) in [6.07, 6.45) is -21.9. The minimum Gasteiger partial charge on any atom is -0.504 e. The summed E-state index contributed by atoms with van der Waals surface area (Å²) < 4.78 is 50.9. The predicted octanol–water partition coefficient (Wildman–Crippen LogP) is -2.59. The summed E-state index contributed by atoms with van der Waals surface area (Å²) in [6, 6.07) is 8.86. The van der Waals surface area contributed by atoms with E-state index < -0.39 is 111 Å². The number of carbonyl (C=O) groups is 1. The number of phenols is 2. The molecule has 3 heterocycles. The average molecular weight is 815 g/mol. The molecule has 10 N–H and O–H groups in total. The fourth-order valence-electron chi connectivity index (χ4n) is 6.45. The van der Waals surface area contributed by atoms with Gasteiger partial charge in [0.2, 0.25) is 0 Å². The molecule has 0 radical (unpaired) electrons. The van der Waals surface area contributed by atoms with E-state index in [0.717, 1.165) is 6.08 Å². The Morgan fingerprint density at radius 1 is 0.702 bits per heavy atom. The number of carbonyl (C=O) groups excluding carboxylic acids is 1. The fourth-order valence-corrected chi connectivity index (χ4v) is 6.45. The Morgan fingerprint density at radius 3 is 2.00 bits per heavy atom. The summed E-state index contributed by atoms with van der Waals surface area (Å²) >= 11 is 0. The number of methoxy groups -OCH3 is 2. The number of hydrogen-bond acceptors (Lipinski definition) is 20. The van der Waals surface area contributed by atoms with Crippen LogP contribution in [0.3, 0.4) is 0 Å². The van der Waals surface area contributed by atoms with Gasteiger partial charge in [0.05, 0.1) is 40.1 Å². The number of benzene rings is 2. The van der Waals surface area contributed by atoms with Crippen LogP contribution < -0.4 is 9.47 Å². The van der Waals surface area contributed by atoms with Crippen molar-refractivity contribution in [1.29, 1.82) is 0 Å². The summed E-state index contributed by atoms with van der Waals surface area (Å²) in [5, 5.41) is 104. The van der Waals surface area contributed by atoms with Crippen molar-refractivity contribution in [2.24, 2.45) is 0 Å². The number of phenolic OH excluding ortho intramolecular Hbond substituents is 2. The molecule has 0 bridgehead atoms. The summed E-state index contributed by atoms with van der Waals surface area (Å²) in [7, 11) is 2.72. The summed E-state index contributed by atoms with van der Waals surface area (Å²) in [5.41, 5.74) is 1.08. The van der Waals surface area contributed by atoms with Crippen LogP contribution in [-0.4, -0.2) is 183 Å². The fraction of sp³-hybridized carbons (Fsp3) is 0.595. The molecule has 57 heavy (non-hydrogen) atoms. The van der Waals surface area contributed by atoms with Gasteiger partial charge in [-0.1, -0.05) is 12.1 Å². The third kappa shape index (κ3) is 10.5. The Balaban J connectivity index is 1.44. The Bertz CT molecular complexity index is 1640. The third-order valence-electron chi connectivity index (χ3n) is 9.77. The second kappa shape index (κ2) is 19.8. The largest absolute Gasteiger partial charge is 0.504 e. The van der Waals surface area contributed by atoms with Gasteiger partial charge in [0.15, 0.2) is 48.0 Å². The normalized spacial score (nSPS) is 35.9. The highest BCUT2D eigenvalue weighted by molar-refractivity contribution is 5.87. The van der Waals surface area contributed by atoms with E-state index in [4.69, 9.17) is 42.6 Å². The van der Waals surface area contributed by atoms with Crippen LogP contribution in [0.15, 0.2) is 42.5 Å². The van der Waals surface area contributed by atoms with Gasteiger partial charge in [0.25, 0.3) is 0 Å². The number of ether oxygens (including phenoxy) is 9. The maximum Gasteiger partial charge on any atom is 0.331 e. The number of aliphatic hydroxyl groups excluding tert-OH is 8. The first kappa shape index (κ1) is 44.4. The van der Waals surface area contributed by atoms with Gasteiger partial charge in [-0.25, -0.2) is 4.79 Å². The molecule has 0 aliphatic carbocycles. The topological polar surface area (TPSA) is 302 Å². The molecule has 3 fully saturated rings. The van der Waals surface area contributed by atoms with Gasteiger partial charge < -0.3 is 93.7 Å². The van der Waals surface area contributed by atoms with Gasteiger partial charge in [0, 0.05) is 6.08 Å². The minimum atomic E-state index is -1.86. The molecule has 15 atom stereocenters. The van der Waals surface area contributed by atoms with Crippen LogP contribution in [0.4, 0.5) is 0 Å². The van der Waals surface area contributed by atoms with Crippen LogP contribution in [0.5, 0.6) is 23.0 Å². The predicted molar refractivity (Wildman–Crippen MR) is 190 cm³/mol. The van der Waals surface area contributed by atoms with Crippen molar-refractivity contribution in [1.82, 2.24) is 0 Å². The molecule has 0 amide bonds. The molecular weight excluding hydrogens is 764 g/mol. The highest BCUT2D eigenvalue weighted by Gasteiger charge is 2.53. The monoisotopic (exact) mass is 814 g/mol. The number of rotatable bonds is 15. The quantitative estimate of drug-likeness (QED) is 0.0652. The van der Waals surface area contributed by atoms with Crippen molar-refractivity contribution in [2.45, 2.75) is 105 Å². The summed E-state index contributed by atoms with van der Waals surface area (Å²) in [5.74, 6) is -0.935.